The van der Waals surface area contributed by atoms with Crippen molar-refractivity contribution in [3.8, 4) is 0 Å². The standard InChI is InChI=1S/C13H23NO3/c1-2-13(8-3-4-9-13)10-14-11(15)6-5-7-12(16)17/h2-10H2,1H3,(H,14,15)(H,16,17). The Kier molecular flexibility index (Phi) is 5.45. The van der Waals surface area contributed by atoms with E-state index in [1.54, 1.807) is 0 Å². The van der Waals surface area contributed by atoms with Gasteiger partial charge < -0.3 is 10.4 Å². The van der Waals surface area contributed by atoms with Crippen molar-refractivity contribution in [2.45, 2.75) is 58.3 Å². The van der Waals surface area contributed by atoms with Crippen LogP contribution in [0.15, 0.2) is 0 Å². The van der Waals surface area contributed by atoms with Gasteiger partial charge in [-0.25, -0.2) is 0 Å². The maximum atomic E-state index is 11.5. The minimum absolute atomic E-state index is 0.00836. The van der Waals surface area contributed by atoms with Crippen molar-refractivity contribution in [3.63, 3.8) is 0 Å². The van der Waals surface area contributed by atoms with E-state index in [9.17, 15) is 9.59 Å². The SMILES string of the molecule is CCC1(CNC(=O)CCCC(=O)O)CCCC1. The number of carboxylic acid groups (broad SMARTS) is 1. The zero-order chi connectivity index (χ0) is 12.7. The Bertz CT molecular complexity index is 270. The third-order valence-corrected chi connectivity index (χ3v) is 3.87. The van der Waals surface area contributed by atoms with Crippen LogP contribution in [0, 0.1) is 5.41 Å². The summed E-state index contributed by atoms with van der Waals surface area (Å²) in [5.41, 5.74) is 0.308. The number of carbonyl (C=O) groups is 2. The third kappa shape index (κ3) is 4.75. The summed E-state index contributed by atoms with van der Waals surface area (Å²) in [5, 5.41) is 11.4. The Morgan fingerprint density at radius 1 is 1.24 bits per heavy atom. The van der Waals surface area contributed by atoms with E-state index >= 15 is 0 Å². The first-order valence-electron chi connectivity index (χ1n) is 6.56. The Hall–Kier alpha value is -1.06. The van der Waals surface area contributed by atoms with Crippen LogP contribution in [0.4, 0.5) is 0 Å². The average Bonchev–Trinajstić information content (AvgIpc) is 2.75. The van der Waals surface area contributed by atoms with Gasteiger partial charge in [-0.2, -0.15) is 0 Å². The molecule has 1 aliphatic rings. The summed E-state index contributed by atoms with van der Waals surface area (Å²) in [6.45, 7) is 2.94. The molecule has 0 radical (unpaired) electrons. The summed E-state index contributed by atoms with van der Waals surface area (Å²) in [6, 6.07) is 0. The number of hydrogen-bond donors (Lipinski definition) is 2. The van der Waals surface area contributed by atoms with Crippen LogP contribution in [-0.2, 0) is 9.59 Å². The highest BCUT2D eigenvalue weighted by Crippen LogP contribution is 2.40. The van der Waals surface area contributed by atoms with Gasteiger partial charge in [0.25, 0.3) is 0 Å². The molecule has 0 aromatic carbocycles. The highest BCUT2D eigenvalue weighted by molar-refractivity contribution is 5.76. The molecule has 1 rings (SSSR count). The summed E-state index contributed by atoms with van der Waals surface area (Å²) >= 11 is 0. The number of hydrogen-bond acceptors (Lipinski definition) is 2. The molecule has 0 aromatic rings. The van der Waals surface area contributed by atoms with Gasteiger partial charge in [0.15, 0.2) is 0 Å². The first kappa shape index (κ1) is 14.0. The van der Waals surface area contributed by atoms with E-state index in [1.807, 2.05) is 0 Å². The normalized spacial score (nSPS) is 17.9. The summed E-state index contributed by atoms with van der Waals surface area (Å²) in [5.74, 6) is -0.843. The van der Waals surface area contributed by atoms with Crippen LogP contribution in [0.5, 0.6) is 0 Å². The molecule has 1 amide bonds. The van der Waals surface area contributed by atoms with Crippen molar-refractivity contribution < 1.29 is 14.7 Å². The van der Waals surface area contributed by atoms with E-state index in [0.29, 0.717) is 18.3 Å². The average molecular weight is 241 g/mol. The van der Waals surface area contributed by atoms with Gasteiger partial charge in [0.1, 0.15) is 0 Å². The van der Waals surface area contributed by atoms with Gasteiger partial charge in [-0.05, 0) is 31.1 Å². The highest BCUT2D eigenvalue weighted by Gasteiger charge is 2.31. The highest BCUT2D eigenvalue weighted by atomic mass is 16.4. The van der Waals surface area contributed by atoms with Crippen molar-refractivity contribution in [1.29, 1.82) is 0 Å². The summed E-state index contributed by atoms with van der Waals surface area (Å²) in [6.07, 6.45) is 6.89. The lowest BCUT2D eigenvalue weighted by Gasteiger charge is -2.27. The minimum atomic E-state index is -0.835. The fourth-order valence-corrected chi connectivity index (χ4v) is 2.55. The summed E-state index contributed by atoms with van der Waals surface area (Å²) < 4.78 is 0. The lowest BCUT2D eigenvalue weighted by Crippen LogP contribution is -2.35. The first-order chi connectivity index (χ1) is 8.08. The Morgan fingerprint density at radius 3 is 2.41 bits per heavy atom. The zero-order valence-corrected chi connectivity index (χ0v) is 10.6. The Balaban J connectivity index is 2.20. The number of rotatable bonds is 7. The lowest BCUT2D eigenvalue weighted by atomic mass is 9.83. The summed E-state index contributed by atoms with van der Waals surface area (Å²) in [4.78, 5) is 21.8. The van der Waals surface area contributed by atoms with E-state index in [-0.39, 0.29) is 12.3 Å². The van der Waals surface area contributed by atoms with Gasteiger partial charge in [0.2, 0.25) is 5.91 Å². The van der Waals surface area contributed by atoms with Gasteiger partial charge in [-0.3, -0.25) is 9.59 Å². The predicted octanol–water partition coefficient (Wildman–Crippen LogP) is 2.33. The second-order valence-corrected chi connectivity index (χ2v) is 5.08. The molecule has 0 spiro atoms. The number of carbonyl (C=O) groups excluding carboxylic acids is 1. The molecule has 17 heavy (non-hydrogen) atoms. The molecule has 2 N–H and O–H groups in total. The lowest BCUT2D eigenvalue weighted by molar-refractivity contribution is -0.137. The Labute approximate surface area is 103 Å². The van der Waals surface area contributed by atoms with E-state index in [0.717, 1.165) is 13.0 Å². The van der Waals surface area contributed by atoms with Gasteiger partial charge in [-0.15, -0.1) is 0 Å². The zero-order valence-electron chi connectivity index (χ0n) is 10.6. The van der Waals surface area contributed by atoms with Crippen molar-refractivity contribution in [3.05, 3.63) is 0 Å². The van der Waals surface area contributed by atoms with E-state index in [1.165, 1.54) is 25.7 Å². The van der Waals surface area contributed by atoms with Crippen LogP contribution in [0.25, 0.3) is 0 Å². The molecule has 4 heteroatoms. The molecule has 0 heterocycles. The van der Waals surface area contributed by atoms with Crippen molar-refractivity contribution in [2.75, 3.05) is 6.54 Å². The smallest absolute Gasteiger partial charge is 0.303 e. The molecule has 0 bridgehead atoms. The summed E-state index contributed by atoms with van der Waals surface area (Å²) in [7, 11) is 0. The molecule has 98 valence electrons. The second kappa shape index (κ2) is 6.62. The first-order valence-corrected chi connectivity index (χ1v) is 6.56. The van der Waals surface area contributed by atoms with E-state index in [4.69, 9.17) is 5.11 Å². The molecule has 1 aliphatic carbocycles. The van der Waals surface area contributed by atoms with Crippen molar-refractivity contribution in [2.24, 2.45) is 5.41 Å². The van der Waals surface area contributed by atoms with Gasteiger partial charge in [-0.1, -0.05) is 19.8 Å². The van der Waals surface area contributed by atoms with Crippen molar-refractivity contribution >= 4 is 11.9 Å². The molecular formula is C13H23NO3. The third-order valence-electron chi connectivity index (χ3n) is 3.87. The largest absolute Gasteiger partial charge is 0.481 e. The predicted molar refractivity (Wildman–Crippen MR) is 65.7 cm³/mol. The molecule has 0 unspecified atom stereocenters. The molecule has 0 atom stereocenters. The molecule has 1 fully saturated rings. The van der Waals surface area contributed by atoms with E-state index < -0.39 is 5.97 Å². The van der Waals surface area contributed by atoms with Crippen LogP contribution in [0.3, 0.4) is 0 Å². The molecule has 1 saturated carbocycles. The molecule has 0 saturated heterocycles. The van der Waals surface area contributed by atoms with Crippen LogP contribution >= 0.6 is 0 Å². The maximum absolute atomic E-state index is 11.5. The van der Waals surface area contributed by atoms with Crippen LogP contribution in [-0.4, -0.2) is 23.5 Å². The van der Waals surface area contributed by atoms with Crippen molar-refractivity contribution in [1.82, 2.24) is 5.32 Å². The van der Waals surface area contributed by atoms with Crippen LogP contribution in [0.1, 0.15) is 58.3 Å². The molecule has 4 nitrogen and oxygen atoms in total. The van der Waals surface area contributed by atoms with Gasteiger partial charge in [0, 0.05) is 19.4 Å². The topological polar surface area (TPSA) is 66.4 Å². The van der Waals surface area contributed by atoms with Gasteiger partial charge in [0.05, 0.1) is 0 Å². The fourth-order valence-electron chi connectivity index (χ4n) is 2.55. The quantitative estimate of drug-likeness (QED) is 0.719. The molecule has 0 aromatic heterocycles. The monoisotopic (exact) mass is 241 g/mol. The fraction of sp³-hybridized carbons (Fsp3) is 0.846. The number of carboxylic acids is 1. The number of aliphatic carboxylic acids is 1. The molecular weight excluding hydrogens is 218 g/mol. The maximum Gasteiger partial charge on any atom is 0.303 e. The van der Waals surface area contributed by atoms with E-state index in [2.05, 4.69) is 12.2 Å². The Morgan fingerprint density at radius 2 is 1.88 bits per heavy atom. The van der Waals surface area contributed by atoms with Crippen LogP contribution < -0.4 is 5.32 Å². The second-order valence-electron chi connectivity index (χ2n) is 5.08. The number of nitrogens with one attached hydrogen (secondary N) is 1. The number of amides is 1. The molecule has 0 aliphatic heterocycles. The van der Waals surface area contributed by atoms with Crippen LogP contribution in [0.2, 0.25) is 0 Å². The minimum Gasteiger partial charge on any atom is -0.481 e. The van der Waals surface area contributed by atoms with Gasteiger partial charge >= 0.3 is 5.97 Å².